The predicted molar refractivity (Wildman–Crippen MR) is 330 cm³/mol. The Balaban J connectivity index is 4.25. The van der Waals surface area contributed by atoms with Crippen LogP contribution < -0.4 is 0 Å². The number of esters is 3. The molecule has 0 amide bonds. The van der Waals surface area contributed by atoms with E-state index in [0.717, 1.165) is 103 Å². The molecule has 0 fully saturated rings. The van der Waals surface area contributed by atoms with Crippen LogP contribution in [0.3, 0.4) is 0 Å². The Bertz CT molecular complexity index is 1400. The number of unbranched alkanes of at least 4 members (excludes halogenated alkanes) is 37. The number of hydrogen-bond acceptors (Lipinski definition) is 6. The van der Waals surface area contributed by atoms with E-state index in [0.29, 0.717) is 19.3 Å². The van der Waals surface area contributed by atoms with Crippen molar-refractivity contribution in [1.29, 1.82) is 0 Å². The molecule has 0 aromatic rings. The summed E-state index contributed by atoms with van der Waals surface area (Å²) in [6.07, 6.45) is 83.6. The first-order valence-corrected chi connectivity index (χ1v) is 32.9. The molecule has 0 rings (SSSR count). The maximum Gasteiger partial charge on any atom is 0.306 e. The van der Waals surface area contributed by atoms with Gasteiger partial charge < -0.3 is 14.2 Å². The highest BCUT2D eigenvalue weighted by atomic mass is 16.6. The lowest BCUT2D eigenvalue weighted by atomic mass is 10.0. The molecule has 0 heterocycles. The first-order chi connectivity index (χ1) is 37.5. The first kappa shape index (κ1) is 72.8. The minimum absolute atomic E-state index is 0.0942. The van der Waals surface area contributed by atoms with Gasteiger partial charge in [0.2, 0.25) is 0 Å². The van der Waals surface area contributed by atoms with Gasteiger partial charge in [-0.15, -0.1) is 0 Å². The van der Waals surface area contributed by atoms with E-state index in [4.69, 9.17) is 14.2 Å². The second-order valence-electron chi connectivity index (χ2n) is 22.0. The zero-order valence-corrected chi connectivity index (χ0v) is 50.5. The molecule has 0 aromatic carbocycles. The Morgan fingerprint density at radius 3 is 0.855 bits per heavy atom. The highest BCUT2D eigenvalue weighted by Crippen LogP contribution is 2.18. The van der Waals surface area contributed by atoms with Crippen LogP contribution in [0.15, 0.2) is 72.9 Å². The summed E-state index contributed by atoms with van der Waals surface area (Å²) in [4.78, 5) is 38.3. The van der Waals surface area contributed by atoms with Gasteiger partial charge in [0.05, 0.1) is 0 Å². The molecule has 0 radical (unpaired) electrons. The van der Waals surface area contributed by atoms with E-state index >= 15 is 0 Å². The average molecular weight is 1060 g/mol. The van der Waals surface area contributed by atoms with E-state index in [-0.39, 0.29) is 37.5 Å². The van der Waals surface area contributed by atoms with Crippen LogP contribution in [0.1, 0.15) is 335 Å². The Labute approximate surface area is 472 Å². The molecular weight excluding hydrogens is 937 g/mol. The van der Waals surface area contributed by atoms with E-state index in [2.05, 4.69) is 93.7 Å². The van der Waals surface area contributed by atoms with Crippen molar-refractivity contribution < 1.29 is 28.6 Å². The number of carbonyl (C=O) groups excluding carboxylic acids is 3. The van der Waals surface area contributed by atoms with Crippen molar-refractivity contribution in [3.05, 3.63) is 72.9 Å². The van der Waals surface area contributed by atoms with Crippen LogP contribution in [-0.4, -0.2) is 37.2 Å². The molecule has 1 unspecified atom stereocenters. The topological polar surface area (TPSA) is 78.9 Å². The molecule has 6 nitrogen and oxygen atoms in total. The summed E-state index contributed by atoms with van der Waals surface area (Å²) in [6.45, 7) is 6.49. The second-order valence-corrected chi connectivity index (χ2v) is 22.0. The van der Waals surface area contributed by atoms with Gasteiger partial charge in [0.25, 0.3) is 0 Å². The molecule has 440 valence electrons. The van der Waals surface area contributed by atoms with Gasteiger partial charge in [-0.25, -0.2) is 0 Å². The Kier molecular flexibility index (Phi) is 61.7. The number of carbonyl (C=O) groups is 3. The van der Waals surface area contributed by atoms with E-state index < -0.39 is 6.10 Å². The van der Waals surface area contributed by atoms with Gasteiger partial charge >= 0.3 is 17.9 Å². The fourth-order valence-electron chi connectivity index (χ4n) is 9.53. The van der Waals surface area contributed by atoms with E-state index in [1.165, 1.54) is 186 Å². The molecule has 0 N–H and O–H groups in total. The van der Waals surface area contributed by atoms with Gasteiger partial charge in [-0.05, 0) is 89.9 Å². The fourth-order valence-corrected chi connectivity index (χ4v) is 9.53. The smallest absolute Gasteiger partial charge is 0.306 e. The van der Waals surface area contributed by atoms with Crippen LogP contribution in [-0.2, 0) is 28.6 Å². The summed E-state index contributed by atoms with van der Waals surface area (Å²) in [5.41, 5.74) is 0. The Morgan fingerprint density at radius 1 is 0.276 bits per heavy atom. The zero-order chi connectivity index (χ0) is 55.0. The highest BCUT2D eigenvalue weighted by molar-refractivity contribution is 5.71. The lowest BCUT2D eigenvalue weighted by molar-refractivity contribution is -0.167. The molecule has 0 spiro atoms. The van der Waals surface area contributed by atoms with Crippen molar-refractivity contribution in [2.45, 2.75) is 341 Å². The van der Waals surface area contributed by atoms with Gasteiger partial charge in [-0.2, -0.15) is 0 Å². The van der Waals surface area contributed by atoms with E-state index in [1.807, 2.05) is 0 Å². The minimum atomic E-state index is -0.803. The van der Waals surface area contributed by atoms with Crippen LogP contribution >= 0.6 is 0 Å². The van der Waals surface area contributed by atoms with Gasteiger partial charge in [0, 0.05) is 19.3 Å². The van der Waals surface area contributed by atoms with E-state index in [9.17, 15) is 14.4 Å². The predicted octanol–water partition coefficient (Wildman–Crippen LogP) is 22.5. The first-order valence-electron chi connectivity index (χ1n) is 32.9. The molecule has 0 bridgehead atoms. The molecule has 0 aromatic heterocycles. The summed E-state index contributed by atoms with van der Waals surface area (Å²) in [7, 11) is 0. The summed E-state index contributed by atoms with van der Waals surface area (Å²) >= 11 is 0. The van der Waals surface area contributed by atoms with Gasteiger partial charge in [0.1, 0.15) is 13.2 Å². The second kappa shape index (κ2) is 64.4. The summed E-state index contributed by atoms with van der Waals surface area (Å²) in [5, 5.41) is 0. The maximum absolute atomic E-state index is 12.9. The van der Waals surface area contributed by atoms with Crippen molar-refractivity contribution in [1.82, 2.24) is 0 Å². The molecule has 76 heavy (non-hydrogen) atoms. The molecule has 0 saturated heterocycles. The van der Waals surface area contributed by atoms with Crippen LogP contribution in [0.2, 0.25) is 0 Å². The maximum atomic E-state index is 12.9. The lowest BCUT2D eigenvalue weighted by Gasteiger charge is -2.18. The molecule has 0 saturated carbocycles. The molecule has 0 aliphatic carbocycles. The fraction of sp³-hybridized carbons (Fsp3) is 0.786. The third-order valence-corrected chi connectivity index (χ3v) is 14.4. The number of allylic oxidation sites excluding steroid dienone is 12. The number of rotatable bonds is 60. The van der Waals surface area contributed by atoms with Crippen molar-refractivity contribution >= 4 is 17.9 Å². The Morgan fingerprint density at radius 2 is 0.513 bits per heavy atom. The summed E-state index contributed by atoms with van der Waals surface area (Å²) < 4.78 is 16.9. The van der Waals surface area contributed by atoms with Crippen molar-refractivity contribution in [3.8, 4) is 0 Å². The summed E-state index contributed by atoms with van der Waals surface area (Å²) in [6, 6.07) is 0. The molecular formula is C70H124O6. The standard InChI is InChI=1S/C70H124O6/c1-4-7-10-13-16-19-22-25-28-29-30-31-32-33-34-35-36-37-38-39-40-43-45-48-51-54-57-60-63-69(72)75-66-67(76-70(73)64-61-58-55-52-49-46-42-27-24-21-18-15-12-9-6-3)65-74-68(71)62-59-56-53-50-47-44-41-26-23-20-17-14-11-8-5-2/h9,12,17-18,20-21,26-27,41-42,49,52,67H,4-8,10-11,13-16,19,22-25,28-40,43-48,50-51,53-66H2,1-3H3/b12-9-,20-17-,21-18-,41-26-,42-27-,52-49-. The molecule has 0 aliphatic heterocycles. The third kappa shape index (κ3) is 61.7. The van der Waals surface area contributed by atoms with Crippen LogP contribution in [0.25, 0.3) is 0 Å². The molecule has 1 atom stereocenters. The third-order valence-electron chi connectivity index (χ3n) is 14.4. The van der Waals surface area contributed by atoms with Gasteiger partial charge in [-0.3, -0.25) is 14.4 Å². The zero-order valence-electron chi connectivity index (χ0n) is 50.5. The molecule has 6 heteroatoms. The highest BCUT2D eigenvalue weighted by Gasteiger charge is 2.19. The minimum Gasteiger partial charge on any atom is -0.462 e. The molecule has 0 aliphatic rings. The number of ether oxygens (including phenoxy) is 3. The van der Waals surface area contributed by atoms with Crippen LogP contribution in [0.4, 0.5) is 0 Å². The normalized spacial score (nSPS) is 12.5. The largest absolute Gasteiger partial charge is 0.462 e. The van der Waals surface area contributed by atoms with Crippen molar-refractivity contribution in [2.75, 3.05) is 13.2 Å². The van der Waals surface area contributed by atoms with E-state index in [1.54, 1.807) is 0 Å². The number of hydrogen-bond donors (Lipinski definition) is 0. The average Bonchev–Trinajstić information content (AvgIpc) is 3.42. The Hall–Kier alpha value is -3.15. The van der Waals surface area contributed by atoms with Crippen LogP contribution in [0, 0.1) is 0 Å². The van der Waals surface area contributed by atoms with Crippen molar-refractivity contribution in [3.63, 3.8) is 0 Å². The summed E-state index contributed by atoms with van der Waals surface area (Å²) in [5.74, 6) is -0.936. The van der Waals surface area contributed by atoms with Crippen molar-refractivity contribution in [2.24, 2.45) is 0 Å². The lowest BCUT2D eigenvalue weighted by Crippen LogP contribution is -2.30. The quantitative estimate of drug-likeness (QED) is 0.0261. The van der Waals surface area contributed by atoms with Crippen LogP contribution in [0.5, 0.6) is 0 Å². The SMILES string of the molecule is CC/C=C\C/C=C\C/C=C\C/C=C\CCCCC(=O)OC(COC(=O)CCCCCCC/C=C\C/C=C\CCCCC)COC(=O)CCCCCCCCCCCCCCCCCCCCCCCCCCCCCC. The van der Waals surface area contributed by atoms with Gasteiger partial charge in [-0.1, -0.05) is 299 Å². The van der Waals surface area contributed by atoms with Gasteiger partial charge in [0.15, 0.2) is 6.10 Å². The monoisotopic (exact) mass is 1060 g/mol.